The van der Waals surface area contributed by atoms with E-state index in [2.05, 4.69) is 4.99 Å². The van der Waals surface area contributed by atoms with Crippen LogP contribution in [0, 0.1) is 5.92 Å². The summed E-state index contributed by atoms with van der Waals surface area (Å²) >= 11 is 6.87. The average Bonchev–Trinajstić information content (AvgIpc) is 2.72. The Morgan fingerprint density at radius 3 is 3.12 bits per heavy atom. The molecule has 132 valence electrons. The highest BCUT2D eigenvalue weighted by molar-refractivity contribution is 8.33. The molecule has 7 nitrogen and oxygen atoms in total. The van der Waals surface area contributed by atoms with Gasteiger partial charge in [0, 0.05) is 13.0 Å². The molecule has 0 aromatic rings. The van der Waals surface area contributed by atoms with Gasteiger partial charge in [0.05, 0.1) is 19.7 Å². The molecule has 24 heavy (non-hydrogen) atoms. The van der Waals surface area contributed by atoms with Crippen LogP contribution >= 0.6 is 24.0 Å². The fraction of sp³-hybridized carbons (Fsp3) is 0.733. The molecule has 2 saturated heterocycles. The molecule has 0 aliphatic carbocycles. The van der Waals surface area contributed by atoms with E-state index < -0.39 is 0 Å². The number of nitrogens with zero attached hydrogens (tertiary/aromatic N) is 3. The van der Waals surface area contributed by atoms with E-state index in [1.165, 1.54) is 16.7 Å². The molecule has 0 aromatic heterocycles. The summed E-state index contributed by atoms with van der Waals surface area (Å²) < 4.78 is 5.90. The van der Waals surface area contributed by atoms with Crippen LogP contribution in [0.25, 0.3) is 0 Å². The molecule has 3 aliphatic heterocycles. The van der Waals surface area contributed by atoms with Gasteiger partial charge in [-0.15, -0.1) is 0 Å². The van der Waals surface area contributed by atoms with Crippen molar-refractivity contribution < 1.29 is 19.2 Å². The Morgan fingerprint density at radius 2 is 2.33 bits per heavy atom. The van der Waals surface area contributed by atoms with Crippen molar-refractivity contribution in [2.24, 2.45) is 10.9 Å². The number of likely N-dealkylation sites (tertiary alicyclic amines) is 1. The van der Waals surface area contributed by atoms with Crippen molar-refractivity contribution in [3.8, 4) is 0 Å². The Hall–Kier alpha value is -1.19. The molecule has 0 aromatic carbocycles. The van der Waals surface area contributed by atoms with Crippen LogP contribution in [0.1, 0.15) is 32.6 Å². The van der Waals surface area contributed by atoms with Crippen LogP contribution in [-0.2, 0) is 14.3 Å². The Labute approximate surface area is 151 Å². The first kappa shape index (κ1) is 17.6. The van der Waals surface area contributed by atoms with Gasteiger partial charge in [0.15, 0.2) is 16.2 Å². The Balaban J connectivity index is 1.64. The minimum absolute atomic E-state index is 0.0311. The number of quaternary nitrogens is 1. The van der Waals surface area contributed by atoms with Crippen LogP contribution < -0.4 is 4.90 Å². The second kappa shape index (κ2) is 7.79. The summed E-state index contributed by atoms with van der Waals surface area (Å²) in [6.45, 7) is 5.51. The third kappa shape index (κ3) is 3.89. The number of thioether (sulfide) groups is 1. The van der Waals surface area contributed by atoms with Gasteiger partial charge in [0.2, 0.25) is 5.91 Å². The predicted molar refractivity (Wildman–Crippen MR) is 95.3 cm³/mol. The van der Waals surface area contributed by atoms with Crippen LogP contribution in [0.2, 0.25) is 0 Å². The molecular weight excluding hydrogens is 348 g/mol. The summed E-state index contributed by atoms with van der Waals surface area (Å²) in [5.74, 6) is -0.190. The average molecular weight is 372 g/mol. The highest BCUT2D eigenvalue weighted by Gasteiger charge is 2.38. The van der Waals surface area contributed by atoms with Gasteiger partial charge in [-0.1, -0.05) is 12.2 Å². The SMILES string of the molecule is CCOC(=O)C1CCC[NH+](CN2C(=S)SC3=NC(=O)CCCN32)C1. The maximum absolute atomic E-state index is 12.0. The number of esters is 1. The van der Waals surface area contributed by atoms with Gasteiger partial charge in [-0.25, -0.2) is 5.01 Å². The van der Waals surface area contributed by atoms with Gasteiger partial charge < -0.3 is 9.64 Å². The summed E-state index contributed by atoms with van der Waals surface area (Å²) in [5, 5.41) is 4.76. The zero-order chi connectivity index (χ0) is 17.1. The molecule has 3 aliphatic rings. The van der Waals surface area contributed by atoms with Gasteiger partial charge in [-0.3, -0.25) is 14.6 Å². The summed E-state index contributed by atoms with van der Waals surface area (Å²) in [6.07, 6.45) is 3.17. The predicted octanol–water partition coefficient (Wildman–Crippen LogP) is 0.0290. The number of hydrogen-bond donors (Lipinski definition) is 1. The summed E-state index contributed by atoms with van der Waals surface area (Å²) in [6, 6.07) is 0. The zero-order valence-corrected chi connectivity index (χ0v) is 15.5. The number of hydrazine groups is 1. The van der Waals surface area contributed by atoms with Crippen LogP contribution in [0.3, 0.4) is 0 Å². The largest absolute Gasteiger partial charge is 0.466 e. The smallest absolute Gasteiger partial charge is 0.314 e. The molecule has 0 saturated carbocycles. The maximum Gasteiger partial charge on any atom is 0.314 e. The Bertz CT molecular complexity index is 569. The summed E-state index contributed by atoms with van der Waals surface area (Å²) in [7, 11) is 0. The highest BCUT2D eigenvalue weighted by atomic mass is 32.2. The van der Waals surface area contributed by atoms with Crippen molar-refractivity contribution >= 4 is 45.3 Å². The van der Waals surface area contributed by atoms with Crippen LogP contribution in [0.5, 0.6) is 0 Å². The zero-order valence-electron chi connectivity index (χ0n) is 13.8. The molecule has 0 bridgehead atoms. The standard InChI is InChI=1S/C15H22N4O3S2/c1-2-22-13(21)11-5-3-7-17(9-11)10-19-15(23)24-14-16-12(20)6-4-8-18(14)19/h11H,2-10H2,1H3/p+1. The van der Waals surface area contributed by atoms with E-state index in [0.29, 0.717) is 24.9 Å². The minimum Gasteiger partial charge on any atom is -0.466 e. The molecule has 2 unspecified atom stereocenters. The molecular formula is C15H23N4O3S2+. The maximum atomic E-state index is 12.0. The number of amides is 1. The monoisotopic (exact) mass is 371 g/mol. The van der Waals surface area contributed by atoms with Gasteiger partial charge >= 0.3 is 5.97 Å². The Kier molecular flexibility index (Phi) is 5.72. The number of carbonyl (C=O) groups is 2. The molecule has 2 fully saturated rings. The van der Waals surface area contributed by atoms with E-state index in [1.54, 1.807) is 0 Å². The van der Waals surface area contributed by atoms with Gasteiger partial charge in [0.1, 0.15) is 5.92 Å². The van der Waals surface area contributed by atoms with Crippen LogP contribution in [-0.4, -0.2) is 64.3 Å². The van der Waals surface area contributed by atoms with Crippen LogP contribution in [0.15, 0.2) is 4.99 Å². The number of aliphatic imine (C=N–C) groups is 1. The normalized spacial score (nSPS) is 27.6. The van der Waals surface area contributed by atoms with Crippen LogP contribution in [0.4, 0.5) is 0 Å². The molecule has 0 radical (unpaired) electrons. The summed E-state index contributed by atoms with van der Waals surface area (Å²) in [4.78, 5) is 29.1. The van der Waals surface area contributed by atoms with Gasteiger partial charge in [0.25, 0.3) is 0 Å². The number of hydrogen-bond acceptors (Lipinski definition) is 6. The van der Waals surface area contributed by atoms with E-state index in [-0.39, 0.29) is 17.8 Å². The van der Waals surface area contributed by atoms with E-state index in [4.69, 9.17) is 17.0 Å². The molecule has 9 heteroatoms. The van der Waals surface area contributed by atoms with Crippen molar-refractivity contribution in [1.29, 1.82) is 0 Å². The summed E-state index contributed by atoms with van der Waals surface area (Å²) in [5.41, 5.74) is 0. The number of carbonyl (C=O) groups excluding carboxylic acids is 2. The fourth-order valence-corrected chi connectivity index (χ4v) is 4.60. The third-order valence-electron chi connectivity index (χ3n) is 4.49. The molecule has 0 spiro atoms. The number of rotatable bonds is 4. The molecule has 3 rings (SSSR count). The van der Waals surface area contributed by atoms with E-state index in [0.717, 1.165) is 43.2 Å². The number of amidine groups is 1. The lowest BCUT2D eigenvalue weighted by atomic mass is 9.98. The van der Waals surface area contributed by atoms with E-state index >= 15 is 0 Å². The minimum atomic E-state index is -0.0873. The quantitative estimate of drug-likeness (QED) is 0.552. The third-order valence-corrected chi connectivity index (χ3v) is 5.82. The van der Waals surface area contributed by atoms with Gasteiger partial charge in [-0.05, 0) is 37.9 Å². The molecule has 1 N–H and O–H groups in total. The first-order valence-corrected chi connectivity index (χ1v) is 9.69. The highest BCUT2D eigenvalue weighted by Crippen LogP contribution is 2.27. The first-order valence-electron chi connectivity index (χ1n) is 8.47. The second-order valence-electron chi connectivity index (χ2n) is 6.24. The van der Waals surface area contributed by atoms with Crippen molar-refractivity contribution in [2.75, 3.05) is 32.9 Å². The lowest BCUT2D eigenvalue weighted by Crippen LogP contribution is -3.15. The first-order chi connectivity index (χ1) is 11.6. The molecule has 1 amide bonds. The number of nitrogens with one attached hydrogen (secondary N) is 1. The lowest BCUT2D eigenvalue weighted by molar-refractivity contribution is -0.917. The van der Waals surface area contributed by atoms with Crippen molar-refractivity contribution in [3.05, 3.63) is 0 Å². The number of thiocarbonyl (C=S) groups is 1. The lowest BCUT2D eigenvalue weighted by Gasteiger charge is -2.35. The Morgan fingerprint density at radius 1 is 1.50 bits per heavy atom. The van der Waals surface area contributed by atoms with E-state index in [1.807, 2.05) is 16.9 Å². The number of fused-ring (bicyclic) bond motifs is 1. The molecule has 3 heterocycles. The number of ether oxygens (including phenoxy) is 1. The molecule has 2 atom stereocenters. The van der Waals surface area contributed by atoms with Gasteiger partial charge in [-0.2, -0.15) is 4.99 Å². The van der Waals surface area contributed by atoms with Crippen molar-refractivity contribution in [3.63, 3.8) is 0 Å². The number of piperidine rings is 1. The topological polar surface area (TPSA) is 66.7 Å². The second-order valence-corrected chi connectivity index (χ2v) is 7.84. The van der Waals surface area contributed by atoms with E-state index in [9.17, 15) is 9.59 Å². The van der Waals surface area contributed by atoms with Crippen molar-refractivity contribution in [2.45, 2.75) is 32.6 Å². The van der Waals surface area contributed by atoms with Crippen molar-refractivity contribution in [1.82, 2.24) is 10.0 Å². The fourth-order valence-electron chi connectivity index (χ4n) is 3.34.